The molecule has 0 saturated heterocycles. The fraction of sp³-hybridized carbons (Fsp3) is 0.462. The van der Waals surface area contributed by atoms with Crippen LogP contribution in [0.15, 0.2) is 48.5 Å². The van der Waals surface area contributed by atoms with Gasteiger partial charge in [-0.05, 0) is 56.9 Å². The summed E-state index contributed by atoms with van der Waals surface area (Å²) in [4.78, 5) is 27.9. The Kier molecular flexibility index (Phi) is 10.6. The minimum atomic E-state index is -3.59. The Morgan fingerprint density at radius 3 is 2.29 bits per heavy atom. The maximum absolute atomic E-state index is 13.4. The molecule has 0 radical (unpaired) electrons. The Bertz CT molecular complexity index is 1110. The molecule has 9 heteroatoms. The van der Waals surface area contributed by atoms with E-state index in [0.717, 1.165) is 11.8 Å². The van der Waals surface area contributed by atoms with E-state index in [1.807, 2.05) is 51.1 Å². The third kappa shape index (κ3) is 8.25. The average molecular weight is 522 g/mol. The summed E-state index contributed by atoms with van der Waals surface area (Å²) in [6.45, 7) is 7.83. The number of sulfonamides is 1. The van der Waals surface area contributed by atoms with Gasteiger partial charge in [-0.15, -0.1) is 0 Å². The van der Waals surface area contributed by atoms with E-state index in [1.54, 1.807) is 30.0 Å². The molecule has 0 bridgehead atoms. The molecule has 0 aromatic heterocycles. The molecule has 0 saturated carbocycles. The number of halogens is 1. The molecule has 7 nitrogen and oxygen atoms in total. The number of rotatable bonds is 12. The molecular weight excluding hydrogens is 486 g/mol. The van der Waals surface area contributed by atoms with Gasteiger partial charge in [-0.1, -0.05) is 54.9 Å². The van der Waals surface area contributed by atoms with Crippen molar-refractivity contribution in [1.29, 1.82) is 0 Å². The summed E-state index contributed by atoms with van der Waals surface area (Å²) in [5.41, 5.74) is 2.08. The molecule has 1 atom stereocenters. The predicted molar refractivity (Wildman–Crippen MR) is 142 cm³/mol. The molecule has 2 amide bonds. The number of carbonyl (C=O) groups is 2. The van der Waals surface area contributed by atoms with Crippen molar-refractivity contribution in [2.24, 2.45) is 0 Å². The van der Waals surface area contributed by atoms with Crippen LogP contribution in [0.1, 0.15) is 51.2 Å². The van der Waals surface area contributed by atoms with Gasteiger partial charge in [0.2, 0.25) is 21.8 Å². The van der Waals surface area contributed by atoms with Crippen molar-refractivity contribution in [2.75, 3.05) is 17.1 Å². The molecular formula is C26H36ClN3O4S. The number of hydrogen-bond acceptors (Lipinski definition) is 4. The van der Waals surface area contributed by atoms with Crippen LogP contribution in [0.2, 0.25) is 5.02 Å². The highest BCUT2D eigenvalue weighted by Gasteiger charge is 2.29. The molecule has 0 aliphatic rings. The lowest BCUT2D eigenvalue weighted by Crippen LogP contribution is -2.50. The van der Waals surface area contributed by atoms with Gasteiger partial charge in [0.25, 0.3) is 0 Å². The molecule has 2 rings (SSSR count). The van der Waals surface area contributed by atoms with E-state index in [1.165, 1.54) is 4.31 Å². The fourth-order valence-corrected chi connectivity index (χ4v) is 5.11. The summed E-state index contributed by atoms with van der Waals surface area (Å²) >= 11 is 6.21. The normalized spacial score (nSPS) is 12.3. The summed E-state index contributed by atoms with van der Waals surface area (Å²) in [6.07, 6.45) is 2.00. The minimum absolute atomic E-state index is 0.0468. The molecule has 2 aromatic rings. The summed E-state index contributed by atoms with van der Waals surface area (Å²) in [5.74, 6) is -0.394. The van der Waals surface area contributed by atoms with E-state index in [0.29, 0.717) is 35.7 Å². The number of hydrogen-bond donors (Lipinski definition) is 1. The van der Waals surface area contributed by atoms with E-state index in [4.69, 9.17) is 11.6 Å². The highest BCUT2D eigenvalue weighted by Crippen LogP contribution is 2.28. The lowest BCUT2D eigenvalue weighted by atomic mass is 10.1. The Balaban J connectivity index is 2.22. The van der Waals surface area contributed by atoms with Gasteiger partial charge in [0, 0.05) is 30.6 Å². The first-order valence-corrected chi connectivity index (χ1v) is 14.0. The smallest absolute Gasteiger partial charge is 0.243 e. The standard InChI is InChI=1S/C26H36ClN3O4S/c1-6-23(26(32)28-19(2)3)29(18-21-12-8-7-9-13-21)25(31)16-11-17-30(35(5,33)34)24-15-10-14-22(27)20(24)4/h7-10,12-15,19,23H,6,11,16-18H2,1-5H3,(H,28,32)/t23-/m0/s1. The highest BCUT2D eigenvalue weighted by molar-refractivity contribution is 7.92. The zero-order chi connectivity index (χ0) is 26.2. The molecule has 0 spiro atoms. The monoisotopic (exact) mass is 521 g/mol. The SMILES string of the molecule is CC[C@@H](C(=O)NC(C)C)N(Cc1ccccc1)C(=O)CCCN(c1cccc(Cl)c1C)S(C)(=O)=O. The number of amides is 2. The van der Waals surface area contributed by atoms with Gasteiger partial charge in [-0.25, -0.2) is 8.42 Å². The van der Waals surface area contributed by atoms with E-state index >= 15 is 0 Å². The Morgan fingerprint density at radius 2 is 1.71 bits per heavy atom. The van der Waals surface area contributed by atoms with E-state index in [-0.39, 0.29) is 30.8 Å². The summed E-state index contributed by atoms with van der Waals surface area (Å²) < 4.78 is 26.3. The summed E-state index contributed by atoms with van der Waals surface area (Å²) in [7, 11) is -3.59. The Labute approximate surface area is 214 Å². The lowest BCUT2D eigenvalue weighted by molar-refractivity contribution is -0.141. The minimum Gasteiger partial charge on any atom is -0.352 e. The second-order valence-corrected chi connectivity index (χ2v) is 11.2. The van der Waals surface area contributed by atoms with Crippen molar-refractivity contribution >= 4 is 39.1 Å². The van der Waals surface area contributed by atoms with Crippen LogP contribution in [0.4, 0.5) is 5.69 Å². The van der Waals surface area contributed by atoms with Gasteiger partial charge < -0.3 is 10.2 Å². The van der Waals surface area contributed by atoms with Gasteiger partial charge in [0.05, 0.1) is 11.9 Å². The molecule has 0 fully saturated rings. The summed E-state index contributed by atoms with van der Waals surface area (Å²) in [5, 5.41) is 3.38. The molecule has 0 aliphatic heterocycles. The quantitative estimate of drug-likeness (QED) is 0.444. The fourth-order valence-electron chi connectivity index (χ4n) is 3.93. The van der Waals surface area contributed by atoms with Crippen LogP contribution < -0.4 is 9.62 Å². The van der Waals surface area contributed by atoms with Crippen LogP contribution in [0.5, 0.6) is 0 Å². The van der Waals surface area contributed by atoms with Crippen molar-refractivity contribution < 1.29 is 18.0 Å². The molecule has 0 heterocycles. The highest BCUT2D eigenvalue weighted by atomic mass is 35.5. The van der Waals surface area contributed by atoms with Gasteiger partial charge in [0.1, 0.15) is 6.04 Å². The molecule has 192 valence electrons. The van der Waals surface area contributed by atoms with Gasteiger partial charge >= 0.3 is 0 Å². The predicted octanol–water partition coefficient (Wildman–Crippen LogP) is 4.53. The Morgan fingerprint density at radius 1 is 1.06 bits per heavy atom. The number of carbonyl (C=O) groups excluding carboxylic acids is 2. The first kappa shape index (κ1) is 28.7. The Hall–Kier alpha value is -2.58. The van der Waals surface area contributed by atoms with Crippen LogP contribution >= 0.6 is 11.6 Å². The third-order valence-electron chi connectivity index (χ3n) is 5.67. The number of benzene rings is 2. The van der Waals surface area contributed by atoms with Crippen LogP contribution in [0.25, 0.3) is 0 Å². The van der Waals surface area contributed by atoms with Crippen molar-refractivity contribution in [2.45, 2.75) is 65.6 Å². The summed E-state index contributed by atoms with van der Waals surface area (Å²) in [6, 6.07) is 14.0. The lowest BCUT2D eigenvalue weighted by Gasteiger charge is -2.31. The van der Waals surface area contributed by atoms with Crippen molar-refractivity contribution in [1.82, 2.24) is 10.2 Å². The zero-order valence-corrected chi connectivity index (χ0v) is 22.7. The largest absolute Gasteiger partial charge is 0.352 e. The first-order valence-electron chi connectivity index (χ1n) is 11.8. The zero-order valence-electron chi connectivity index (χ0n) is 21.1. The van der Waals surface area contributed by atoms with E-state index in [2.05, 4.69) is 5.32 Å². The second-order valence-electron chi connectivity index (χ2n) is 8.92. The van der Waals surface area contributed by atoms with Crippen LogP contribution in [-0.2, 0) is 26.2 Å². The first-order chi connectivity index (χ1) is 16.5. The number of nitrogens with one attached hydrogen (secondary N) is 1. The molecule has 2 aromatic carbocycles. The molecule has 1 N–H and O–H groups in total. The average Bonchev–Trinajstić information content (AvgIpc) is 2.78. The maximum atomic E-state index is 13.4. The van der Waals surface area contributed by atoms with Gasteiger partial charge in [-0.3, -0.25) is 13.9 Å². The van der Waals surface area contributed by atoms with E-state index in [9.17, 15) is 18.0 Å². The van der Waals surface area contributed by atoms with Gasteiger partial charge in [0.15, 0.2) is 0 Å². The van der Waals surface area contributed by atoms with Gasteiger partial charge in [-0.2, -0.15) is 0 Å². The van der Waals surface area contributed by atoms with Crippen molar-refractivity contribution in [3.8, 4) is 0 Å². The molecule has 0 aliphatic carbocycles. The van der Waals surface area contributed by atoms with Crippen LogP contribution in [0, 0.1) is 6.92 Å². The maximum Gasteiger partial charge on any atom is 0.243 e. The van der Waals surface area contributed by atoms with Crippen molar-refractivity contribution in [3.63, 3.8) is 0 Å². The van der Waals surface area contributed by atoms with E-state index < -0.39 is 16.1 Å². The number of anilines is 1. The third-order valence-corrected chi connectivity index (χ3v) is 7.26. The van der Waals surface area contributed by atoms with Crippen LogP contribution in [0.3, 0.4) is 0 Å². The molecule has 35 heavy (non-hydrogen) atoms. The van der Waals surface area contributed by atoms with Crippen LogP contribution in [-0.4, -0.2) is 50.0 Å². The second kappa shape index (κ2) is 12.9. The van der Waals surface area contributed by atoms with Crippen molar-refractivity contribution in [3.05, 3.63) is 64.7 Å². The number of nitrogens with zero attached hydrogens (tertiary/aromatic N) is 2. The topological polar surface area (TPSA) is 86.8 Å². The molecule has 0 unspecified atom stereocenters.